The fourth-order valence-corrected chi connectivity index (χ4v) is 4.72. The molecule has 2 aliphatic rings. The van der Waals surface area contributed by atoms with Gasteiger partial charge in [0.05, 0.1) is 5.71 Å². The molecule has 5 nitrogen and oxygen atoms in total. The van der Waals surface area contributed by atoms with Gasteiger partial charge in [-0.15, -0.1) is 0 Å². The normalized spacial score (nSPS) is 24.7. The molecule has 1 aliphatic heterocycles. The van der Waals surface area contributed by atoms with E-state index in [-0.39, 0.29) is 5.91 Å². The summed E-state index contributed by atoms with van der Waals surface area (Å²) in [6.45, 7) is 0.774. The summed E-state index contributed by atoms with van der Waals surface area (Å²) in [4.78, 5) is 23.5. The van der Waals surface area contributed by atoms with E-state index in [1.165, 1.54) is 23.8 Å². The Hall–Kier alpha value is -2.30. The highest BCUT2D eigenvalue weighted by Crippen LogP contribution is 2.34. The standard InChI is InChI=1S/C21H27N3O2/c1-26-23-19-12-13-24(20-9-5-3-7-17(19)20)21(25)11-10-15-14-22-18-8-4-2-6-16(15)18/h2,4,6,8,14,17,20,22H,3,5,7,9-13H2,1H3/b23-19-. The highest BCUT2D eigenvalue weighted by atomic mass is 16.6. The number of fused-ring (bicyclic) bond motifs is 2. The molecule has 2 unspecified atom stereocenters. The second-order valence-corrected chi connectivity index (χ2v) is 7.42. The summed E-state index contributed by atoms with van der Waals surface area (Å²) in [5.74, 6) is 0.665. The molecule has 4 rings (SSSR count). The minimum atomic E-state index is 0.281. The average Bonchev–Trinajstić information content (AvgIpc) is 3.10. The number of carbonyl (C=O) groups is 1. The van der Waals surface area contributed by atoms with Crippen LogP contribution in [0.25, 0.3) is 10.9 Å². The Morgan fingerprint density at radius 3 is 3.04 bits per heavy atom. The number of aromatic amines is 1. The van der Waals surface area contributed by atoms with Crippen LogP contribution in [0, 0.1) is 5.92 Å². The molecule has 0 spiro atoms. The molecule has 1 aromatic carbocycles. The second kappa shape index (κ2) is 7.52. The third-order valence-electron chi connectivity index (χ3n) is 5.98. The van der Waals surface area contributed by atoms with Crippen LogP contribution in [0.3, 0.4) is 0 Å². The number of hydrogen-bond acceptors (Lipinski definition) is 3. The van der Waals surface area contributed by atoms with Crippen molar-refractivity contribution in [3.05, 3.63) is 36.0 Å². The van der Waals surface area contributed by atoms with E-state index < -0.39 is 0 Å². The summed E-state index contributed by atoms with van der Waals surface area (Å²) in [6.07, 6.45) is 8.88. The Morgan fingerprint density at radius 1 is 1.31 bits per heavy atom. The van der Waals surface area contributed by atoms with Gasteiger partial charge in [-0.3, -0.25) is 4.79 Å². The van der Waals surface area contributed by atoms with Crippen molar-refractivity contribution in [3.63, 3.8) is 0 Å². The van der Waals surface area contributed by atoms with Crippen LogP contribution < -0.4 is 0 Å². The van der Waals surface area contributed by atoms with Crippen molar-refractivity contribution in [1.29, 1.82) is 0 Å². The fraction of sp³-hybridized carbons (Fsp3) is 0.524. The first kappa shape index (κ1) is 17.1. The number of nitrogens with zero attached hydrogens (tertiary/aromatic N) is 2. The molecule has 1 aliphatic carbocycles. The Morgan fingerprint density at radius 2 is 2.15 bits per heavy atom. The first-order chi connectivity index (χ1) is 12.8. The first-order valence-electron chi connectivity index (χ1n) is 9.72. The van der Waals surface area contributed by atoms with Crippen LogP contribution in [-0.2, 0) is 16.1 Å². The maximum Gasteiger partial charge on any atom is 0.223 e. The Balaban J connectivity index is 1.45. The van der Waals surface area contributed by atoms with Gasteiger partial charge in [0, 0.05) is 48.4 Å². The van der Waals surface area contributed by atoms with Gasteiger partial charge in [-0.1, -0.05) is 36.2 Å². The van der Waals surface area contributed by atoms with Crippen LogP contribution in [0.2, 0.25) is 0 Å². The van der Waals surface area contributed by atoms with Crippen LogP contribution in [0.1, 0.15) is 44.1 Å². The highest BCUT2D eigenvalue weighted by molar-refractivity contribution is 5.90. The van der Waals surface area contributed by atoms with E-state index in [2.05, 4.69) is 33.2 Å². The average molecular weight is 353 g/mol. The van der Waals surface area contributed by atoms with Crippen molar-refractivity contribution >= 4 is 22.5 Å². The number of oxime groups is 1. The number of aromatic nitrogens is 1. The zero-order chi connectivity index (χ0) is 17.9. The van der Waals surface area contributed by atoms with Crippen LogP contribution >= 0.6 is 0 Å². The van der Waals surface area contributed by atoms with Crippen LogP contribution in [-0.4, -0.2) is 41.2 Å². The number of aryl methyl sites for hydroxylation is 1. The molecule has 2 heterocycles. The molecule has 1 aromatic heterocycles. The van der Waals surface area contributed by atoms with E-state index in [1.54, 1.807) is 7.11 Å². The number of piperidine rings is 1. The molecule has 1 saturated heterocycles. The summed E-state index contributed by atoms with van der Waals surface area (Å²) < 4.78 is 0. The summed E-state index contributed by atoms with van der Waals surface area (Å²) in [5, 5.41) is 5.48. The lowest BCUT2D eigenvalue weighted by molar-refractivity contribution is -0.135. The topological polar surface area (TPSA) is 57.7 Å². The van der Waals surface area contributed by atoms with Crippen LogP contribution in [0.15, 0.2) is 35.6 Å². The Labute approximate surface area is 154 Å². The van der Waals surface area contributed by atoms with E-state index in [4.69, 9.17) is 4.84 Å². The van der Waals surface area contributed by atoms with Gasteiger partial charge in [-0.05, 0) is 30.9 Å². The van der Waals surface area contributed by atoms with Crippen LogP contribution in [0.5, 0.6) is 0 Å². The van der Waals surface area contributed by atoms with E-state index in [0.29, 0.717) is 18.4 Å². The quantitative estimate of drug-likeness (QED) is 0.848. The number of para-hydroxylation sites is 1. The number of amides is 1. The zero-order valence-corrected chi connectivity index (χ0v) is 15.4. The van der Waals surface area contributed by atoms with E-state index in [9.17, 15) is 4.79 Å². The number of hydrogen-bond donors (Lipinski definition) is 1. The van der Waals surface area contributed by atoms with Crippen molar-refractivity contribution in [2.75, 3.05) is 13.7 Å². The third kappa shape index (κ3) is 3.22. The molecule has 0 bridgehead atoms. The van der Waals surface area contributed by atoms with Gasteiger partial charge in [0.15, 0.2) is 0 Å². The molecular weight excluding hydrogens is 326 g/mol. The Bertz CT molecular complexity index is 810. The minimum Gasteiger partial charge on any atom is -0.399 e. The number of carbonyl (C=O) groups excluding carboxylic acids is 1. The summed E-state index contributed by atoms with van der Waals surface area (Å²) in [5.41, 5.74) is 3.52. The smallest absolute Gasteiger partial charge is 0.223 e. The molecule has 2 aromatic rings. The number of H-pyrrole nitrogens is 1. The predicted molar refractivity (Wildman–Crippen MR) is 103 cm³/mol. The minimum absolute atomic E-state index is 0.281. The van der Waals surface area contributed by atoms with Gasteiger partial charge in [0.25, 0.3) is 0 Å². The number of benzene rings is 1. The molecule has 138 valence electrons. The maximum atomic E-state index is 13.0. The van der Waals surface area contributed by atoms with Crippen molar-refractivity contribution in [3.8, 4) is 0 Å². The van der Waals surface area contributed by atoms with Gasteiger partial charge >= 0.3 is 0 Å². The first-order valence-corrected chi connectivity index (χ1v) is 9.72. The molecule has 2 atom stereocenters. The molecular formula is C21H27N3O2. The van der Waals surface area contributed by atoms with Crippen LogP contribution in [0.4, 0.5) is 0 Å². The molecule has 5 heteroatoms. The van der Waals surface area contributed by atoms with Gasteiger partial charge < -0.3 is 14.7 Å². The molecule has 0 radical (unpaired) electrons. The molecule has 26 heavy (non-hydrogen) atoms. The van der Waals surface area contributed by atoms with Crippen molar-refractivity contribution in [1.82, 2.24) is 9.88 Å². The maximum absolute atomic E-state index is 13.0. The number of rotatable bonds is 4. The van der Waals surface area contributed by atoms with E-state index in [0.717, 1.165) is 43.5 Å². The number of nitrogens with one attached hydrogen (secondary N) is 1. The predicted octanol–water partition coefficient (Wildman–Crippen LogP) is 3.89. The molecule has 2 fully saturated rings. The van der Waals surface area contributed by atoms with E-state index in [1.807, 2.05) is 12.3 Å². The summed E-state index contributed by atoms with van der Waals surface area (Å²) in [7, 11) is 1.61. The van der Waals surface area contributed by atoms with Crippen molar-refractivity contribution in [2.24, 2.45) is 11.1 Å². The zero-order valence-electron chi connectivity index (χ0n) is 15.4. The van der Waals surface area contributed by atoms with Crippen molar-refractivity contribution < 1.29 is 9.63 Å². The summed E-state index contributed by atoms with van der Waals surface area (Å²) >= 11 is 0. The Kier molecular flexibility index (Phi) is 4.96. The van der Waals surface area contributed by atoms with Gasteiger partial charge in [0.2, 0.25) is 5.91 Å². The lowest BCUT2D eigenvalue weighted by Gasteiger charge is -2.44. The van der Waals surface area contributed by atoms with Gasteiger partial charge in [-0.2, -0.15) is 0 Å². The molecule has 1 N–H and O–H groups in total. The highest BCUT2D eigenvalue weighted by Gasteiger charge is 2.39. The lowest BCUT2D eigenvalue weighted by atomic mass is 9.77. The second-order valence-electron chi connectivity index (χ2n) is 7.42. The van der Waals surface area contributed by atoms with Gasteiger partial charge in [0.1, 0.15) is 7.11 Å². The summed E-state index contributed by atoms with van der Waals surface area (Å²) in [6, 6.07) is 8.59. The largest absolute Gasteiger partial charge is 0.399 e. The third-order valence-corrected chi connectivity index (χ3v) is 5.98. The fourth-order valence-electron chi connectivity index (χ4n) is 4.72. The lowest BCUT2D eigenvalue weighted by Crippen LogP contribution is -2.53. The SMILES string of the molecule is CO/N=C1/CCN(C(=O)CCc2c[nH]c3ccccc23)C2CCCCC12. The number of likely N-dealkylation sites (tertiary alicyclic amines) is 1. The molecule has 1 amide bonds. The van der Waals surface area contributed by atoms with Gasteiger partial charge in [-0.25, -0.2) is 0 Å². The van der Waals surface area contributed by atoms with Crippen molar-refractivity contribution in [2.45, 2.75) is 51.0 Å². The van der Waals surface area contributed by atoms with E-state index >= 15 is 0 Å². The monoisotopic (exact) mass is 353 g/mol. The molecule has 1 saturated carbocycles.